The van der Waals surface area contributed by atoms with Crippen molar-refractivity contribution in [2.24, 2.45) is 0 Å². The second kappa shape index (κ2) is 10.6. The van der Waals surface area contributed by atoms with Crippen LogP contribution in [0, 0.1) is 11.6 Å². The Balaban J connectivity index is 0.000000537. The van der Waals surface area contributed by atoms with E-state index >= 15 is 0 Å². The number of hydrogen-bond donors (Lipinski definition) is 2. The van der Waals surface area contributed by atoms with E-state index in [2.05, 4.69) is 15.0 Å². The maximum absolute atomic E-state index is 13.5. The van der Waals surface area contributed by atoms with Crippen molar-refractivity contribution in [2.75, 3.05) is 11.9 Å². The van der Waals surface area contributed by atoms with Gasteiger partial charge in [-0.15, -0.1) is 0 Å². The minimum Gasteiger partial charge on any atom is -0.468 e. The molecule has 3 rings (SSSR count). The molecule has 0 aliphatic carbocycles. The standard InChI is InChI=1S/C17H10Cl2F2N2O.C3H6O2/c18-10-5-12(19)17-9(8-22-15(17)6-10)1-4-16(24)23-14-3-2-11(20)7-13(14)21;1-2-5-3-4/h1-8,22H,(H,23,24);3H,2H2,1H3. The summed E-state index contributed by atoms with van der Waals surface area (Å²) in [5, 5.41) is 4.00. The first-order valence-electron chi connectivity index (χ1n) is 8.31. The molecule has 1 heterocycles. The van der Waals surface area contributed by atoms with Gasteiger partial charge in [0, 0.05) is 39.8 Å². The van der Waals surface area contributed by atoms with Crippen molar-refractivity contribution in [1.29, 1.82) is 0 Å². The summed E-state index contributed by atoms with van der Waals surface area (Å²) in [5.74, 6) is -2.12. The van der Waals surface area contributed by atoms with E-state index < -0.39 is 17.5 Å². The molecule has 2 aromatic carbocycles. The molecule has 0 saturated carbocycles. The molecule has 9 heteroatoms. The van der Waals surface area contributed by atoms with Gasteiger partial charge >= 0.3 is 0 Å². The van der Waals surface area contributed by atoms with Gasteiger partial charge in [0.1, 0.15) is 11.6 Å². The van der Waals surface area contributed by atoms with Crippen molar-refractivity contribution >= 4 is 58.2 Å². The molecule has 0 aliphatic heterocycles. The maximum atomic E-state index is 13.5. The summed E-state index contributed by atoms with van der Waals surface area (Å²) in [5.41, 5.74) is 1.31. The van der Waals surface area contributed by atoms with Crippen LogP contribution in [0.15, 0.2) is 42.6 Å². The van der Waals surface area contributed by atoms with Crippen molar-refractivity contribution in [3.05, 3.63) is 69.8 Å². The number of carbonyl (C=O) groups is 2. The van der Waals surface area contributed by atoms with Crippen LogP contribution in [0.3, 0.4) is 0 Å². The highest BCUT2D eigenvalue weighted by atomic mass is 35.5. The van der Waals surface area contributed by atoms with Gasteiger partial charge in [0.2, 0.25) is 5.91 Å². The van der Waals surface area contributed by atoms with Crippen LogP contribution in [0.4, 0.5) is 14.5 Å². The summed E-state index contributed by atoms with van der Waals surface area (Å²) in [7, 11) is 0. The Morgan fingerprint density at radius 1 is 1.24 bits per heavy atom. The smallest absolute Gasteiger partial charge is 0.293 e. The zero-order valence-corrected chi connectivity index (χ0v) is 16.7. The summed E-state index contributed by atoms with van der Waals surface area (Å²) in [6.45, 7) is 2.66. The van der Waals surface area contributed by atoms with Gasteiger partial charge in [-0.2, -0.15) is 0 Å². The monoisotopic (exact) mass is 440 g/mol. The van der Waals surface area contributed by atoms with Crippen molar-refractivity contribution < 1.29 is 23.1 Å². The van der Waals surface area contributed by atoms with E-state index in [0.717, 1.165) is 23.0 Å². The lowest BCUT2D eigenvalue weighted by molar-refractivity contribution is -0.128. The Morgan fingerprint density at radius 3 is 2.62 bits per heavy atom. The number of halogens is 4. The first-order chi connectivity index (χ1) is 13.8. The van der Waals surface area contributed by atoms with E-state index in [-0.39, 0.29) is 5.69 Å². The fourth-order valence-corrected chi connectivity index (χ4v) is 2.94. The van der Waals surface area contributed by atoms with Gasteiger partial charge in [-0.1, -0.05) is 23.2 Å². The minimum atomic E-state index is -0.846. The Morgan fingerprint density at radius 2 is 2.00 bits per heavy atom. The lowest BCUT2D eigenvalue weighted by atomic mass is 10.1. The lowest BCUT2D eigenvalue weighted by Crippen LogP contribution is -2.09. The number of aromatic nitrogens is 1. The number of carbonyl (C=O) groups excluding carboxylic acids is 2. The fraction of sp³-hybridized carbons (Fsp3) is 0.100. The van der Waals surface area contributed by atoms with Crippen molar-refractivity contribution in [2.45, 2.75) is 6.92 Å². The molecule has 0 aliphatic rings. The van der Waals surface area contributed by atoms with E-state index in [0.29, 0.717) is 34.8 Å². The van der Waals surface area contributed by atoms with Crippen LogP contribution in [0.1, 0.15) is 12.5 Å². The van der Waals surface area contributed by atoms with Crippen LogP contribution < -0.4 is 5.32 Å². The molecular weight excluding hydrogens is 425 g/mol. The van der Waals surface area contributed by atoms with Crippen molar-refractivity contribution in [3.63, 3.8) is 0 Å². The van der Waals surface area contributed by atoms with Crippen LogP contribution in [-0.2, 0) is 14.3 Å². The summed E-state index contributed by atoms with van der Waals surface area (Å²) in [6, 6.07) is 6.23. The zero-order chi connectivity index (χ0) is 21.4. The van der Waals surface area contributed by atoms with Gasteiger partial charge in [-0.05, 0) is 37.3 Å². The molecule has 1 aromatic heterocycles. The number of anilines is 1. The van der Waals surface area contributed by atoms with Crippen molar-refractivity contribution in [3.8, 4) is 0 Å². The number of hydrogen-bond acceptors (Lipinski definition) is 3. The third kappa shape index (κ3) is 6.30. The first-order valence-corrected chi connectivity index (χ1v) is 9.06. The third-order valence-electron chi connectivity index (χ3n) is 3.56. The van der Waals surface area contributed by atoms with E-state index in [1.165, 1.54) is 12.2 Å². The summed E-state index contributed by atoms with van der Waals surface area (Å²) in [4.78, 5) is 24.1. The summed E-state index contributed by atoms with van der Waals surface area (Å²) < 4.78 is 30.5. The molecule has 1 amide bonds. The van der Waals surface area contributed by atoms with E-state index in [9.17, 15) is 18.4 Å². The third-order valence-corrected chi connectivity index (χ3v) is 4.08. The number of ether oxygens (including phenoxy) is 1. The van der Waals surface area contributed by atoms with Gasteiger partial charge < -0.3 is 15.0 Å². The summed E-state index contributed by atoms with van der Waals surface area (Å²) in [6.07, 6.45) is 4.45. The molecule has 5 nitrogen and oxygen atoms in total. The number of benzene rings is 2. The maximum Gasteiger partial charge on any atom is 0.293 e. The Bertz CT molecular complexity index is 1050. The van der Waals surface area contributed by atoms with Crippen molar-refractivity contribution in [1.82, 2.24) is 4.98 Å². The lowest BCUT2D eigenvalue weighted by Gasteiger charge is -2.03. The molecule has 2 N–H and O–H groups in total. The molecule has 0 fully saturated rings. The minimum absolute atomic E-state index is 0.102. The van der Waals surface area contributed by atoms with E-state index in [1.54, 1.807) is 25.3 Å². The molecule has 0 atom stereocenters. The topological polar surface area (TPSA) is 71.2 Å². The van der Waals surface area contributed by atoms with Crippen LogP contribution in [-0.4, -0.2) is 24.0 Å². The van der Waals surface area contributed by atoms with Gasteiger partial charge in [0.15, 0.2) is 0 Å². The molecule has 29 heavy (non-hydrogen) atoms. The van der Waals surface area contributed by atoms with Gasteiger partial charge in [0.05, 0.1) is 17.3 Å². The largest absolute Gasteiger partial charge is 0.468 e. The molecule has 0 spiro atoms. The molecule has 152 valence electrons. The average Bonchev–Trinajstić information content (AvgIpc) is 3.07. The SMILES string of the molecule is CCOC=O.O=C(C=Cc1c[nH]c2cc(Cl)cc(Cl)c12)Nc1ccc(F)cc1F. The first kappa shape index (κ1) is 22.4. The predicted octanol–water partition coefficient (Wildman–Crippen LogP) is 5.58. The highest BCUT2D eigenvalue weighted by Crippen LogP contribution is 2.30. The molecular formula is C20H16Cl2F2N2O3. The van der Waals surface area contributed by atoms with Crippen LogP contribution in [0.2, 0.25) is 10.0 Å². The Kier molecular flexibility index (Phi) is 8.18. The highest BCUT2D eigenvalue weighted by molar-refractivity contribution is 6.39. The van der Waals surface area contributed by atoms with Gasteiger partial charge in [-0.3, -0.25) is 9.59 Å². The quantitative estimate of drug-likeness (QED) is 0.401. The molecule has 0 bridgehead atoms. The van der Waals surface area contributed by atoms with E-state index in [1.807, 2.05) is 0 Å². The molecule has 0 saturated heterocycles. The number of amides is 1. The normalized spacial score (nSPS) is 10.5. The second-order valence-electron chi connectivity index (χ2n) is 5.55. The number of fused-ring (bicyclic) bond motifs is 1. The molecule has 3 aromatic rings. The van der Waals surface area contributed by atoms with Crippen LogP contribution >= 0.6 is 23.2 Å². The second-order valence-corrected chi connectivity index (χ2v) is 6.40. The molecule has 0 unspecified atom stereocenters. The number of nitrogens with one attached hydrogen (secondary N) is 2. The highest BCUT2D eigenvalue weighted by Gasteiger charge is 2.09. The number of H-pyrrole nitrogens is 1. The van der Waals surface area contributed by atoms with Crippen LogP contribution in [0.5, 0.6) is 0 Å². The van der Waals surface area contributed by atoms with Gasteiger partial charge in [-0.25, -0.2) is 8.78 Å². The predicted molar refractivity (Wildman–Crippen MR) is 110 cm³/mol. The zero-order valence-electron chi connectivity index (χ0n) is 15.1. The van der Waals surface area contributed by atoms with E-state index in [4.69, 9.17) is 23.2 Å². The Hall–Kier alpha value is -2.90. The summed E-state index contributed by atoms with van der Waals surface area (Å²) >= 11 is 12.1. The number of rotatable bonds is 5. The average molecular weight is 441 g/mol. The van der Waals surface area contributed by atoms with Gasteiger partial charge in [0.25, 0.3) is 6.47 Å². The Labute approximate surface area is 175 Å². The van der Waals surface area contributed by atoms with Crippen LogP contribution in [0.25, 0.3) is 17.0 Å². The fourth-order valence-electron chi connectivity index (χ4n) is 2.34. The number of aromatic amines is 1. The molecule has 0 radical (unpaired) electrons.